The van der Waals surface area contributed by atoms with Crippen LogP contribution in [0.1, 0.15) is 5.56 Å². The van der Waals surface area contributed by atoms with Gasteiger partial charge in [0, 0.05) is 27.3 Å². The normalized spacial score (nSPS) is 10.3. The molecular formula is C13H10BrNO2S. The van der Waals surface area contributed by atoms with Gasteiger partial charge in [-0.2, -0.15) is 0 Å². The van der Waals surface area contributed by atoms with Gasteiger partial charge in [0.15, 0.2) is 0 Å². The summed E-state index contributed by atoms with van der Waals surface area (Å²) in [6.07, 6.45) is 0. The Morgan fingerprint density at radius 1 is 1.17 bits per heavy atom. The highest BCUT2D eigenvalue weighted by atomic mass is 79.9. The van der Waals surface area contributed by atoms with Gasteiger partial charge in [-0.25, -0.2) is 0 Å². The minimum Gasteiger partial charge on any atom is -0.258 e. The molecular weight excluding hydrogens is 314 g/mol. The number of hydrogen-bond donors (Lipinski definition) is 0. The molecule has 0 heterocycles. The van der Waals surface area contributed by atoms with Crippen molar-refractivity contribution >= 4 is 33.4 Å². The first-order valence-corrected chi connectivity index (χ1v) is 7.05. The van der Waals surface area contributed by atoms with Gasteiger partial charge in [0.2, 0.25) is 0 Å². The summed E-state index contributed by atoms with van der Waals surface area (Å²) in [5.41, 5.74) is 1.34. The van der Waals surface area contributed by atoms with Crippen LogP contribution >= 0.6 is 27.7 Å². The molecule has 0 aliphatic rings. The van der Waals surface area contributed by atoms with Gasteiger partial charge >= 0.3 is 0 Å². The summed E-state index contributed by atoms with van der Waals surface area (Å²) in [5.74, 6) is 0.844. The van der Waals surface area contributed by atoms with Crippen LogP contribution in [0.2, 0.25) is 0 Å². The van der Waals surface area contributed by atoms with Crippen molar-refractivity contribution in [3.05, 3.63) is 68.7 Å². The lowest BCUT2D eigenvalue weighted by molar-refractivity contribution is -0.384. The molecule has 0 N–H and O–H groups in total. The molecule has 0 aliphatic carbocycles. The van der Waals surface area contributed by atoms with Crippen LogP contribution < -0.4 is 0 Å². The first-order valence-electron chi connectivity index (χ1n) is 5.27. The van der Waals surface area contributed by atoms with E-state index in [1.54, 1.807) is 23.9 Å². The maximum atomic E-state index is 10.5. The Morgan fingerprint density at radius 3 is 2.50 bits per heavy atom. The zero-order chi connectivity index (χ0) is 13.0. The summed E-state index contributed by atoms with van der Waals surface area (Å²) in [7, 11) is 0. The van der Waals surface area contributed by atoms with Crippen molar-refractivity contribution in [2.45, 2.75) is 10.6 Å². The molecule has 0 fully saturated rings. The Hall–Kier alpha value is -1.33. The number of nitrogens with zero attached hydrogens (tertiary/aromatic N) is 1. The van der Waals surface area contributed by atoms with Crippen molar-refractivity contribution < 1.29 is 4.92 Å². The average Bonchev–Trinajstić information content (AvgIpc) is 2.37. The van der Waals surface area contributed by atoms with Crippen molar-refractivity contribution in [1.82, 2.24) is 0 Å². The molecule has 2 aromatic carbocycles. The first kappa shape index (κ1) is 13.1. The fraction of sp³-hybridized carbons (Fsp3) is 0.0769. The highest BCUT2D eigenvalue weighted by molar-refractivity contribution is 9.10. The van der Waals surface area contributed by atoms with Gasteiger partial charge < -0.3 is 0 Å². The topological polar surface area (TPSA) is 43.1 Å². The standard InChI is InChI=1S/C13H10BrNO2S/c14-11-3-1-2-10(8-11)9-18-13-6-4-12(5-7-13)15(16)17/h1-8H,9H2. The molecule has 18 heavy (non-hydrogen) atoms. The Balaban J connectivity index is 2.00. The molecule has 0 aromatic heterocycles. The van der Waals surface area contributed by atoms with Crippen LogP contribution in [0.15, 0.2) is 57.9 Å². The zero-order valence-corrected chi connectivity index (χ0v) is 11.8. The molecule has 92 valence electrons. The Kier molecular flexibility index (Phi) is 4.38. The smallest absolute Gasteiger partial charge is 0.258 e. The van der Waals surface area contributed by atoms with Gasteiger partial charge in [-0.05, 0) is 29.8 Å². The molecule has 0 bridgehead atoms. The van der Waals surface area contributed by atoms with E-state index < -0.39 is 0 Å². The lowest BCUT2D eigenvalue weighted by Gasteiger charge is -2.02. The third kappa shape index (κ3) is 3.58. The van der Waals surface area contributed by atoms with E-state index in [2.05, 4.69) is 28.1 Å². The Labute approximate surface area is 117 Å². The van der Waals surface area contributed by atoms with Crippen LogP contribution in [0.5, 0.6) is 0 Å². The molecule has 5 heteroatoms. The summed E-state index contributed by atoms with van der Waals surface area (Å²) in [6, 6.07) is 14.7. The number of thioether (sulfide) groups is 1. The van der Waals surface area contributed by atoms with Gasteiger partial charge in [-0.15, -0.1) is 11.8 Å². The molecule has 0 unspecified atom stereocenters. The summed E-state index contributed by atoms with van der Waals surface area (Å²) in [5, 5.41) is 10.5. The van der Waals surface area contributed by atoms with Crippen molar-refractivity contribution in [3.8, 4) is 0 Å². The quantitative estimate of drug-likeness (QED) is 0.467. The van der Waals surface area contributed by atoms with E-state index in [9.17, 15) is 10.1 Å². The number of non-ortho nitro benzene ring substituents is 1. The van der Waals surface area contributed by atoms with Gasteiger partial charge in [0.05, 0.1) is 4.92 Å². The SMILES string of the molecule is O=[N+]([O-])c1ccc(SCc2cccc(Br)c2)cc1. The van der Waals surface area contributed by atoms with Crippen LogP contribution in [0.4, 0.5) is 5.69 Å². The zero-order valence-electron chi connectivity index (χ0n) is 9.38. The maximum absolute atomic E-state index is 10.5. The summed E-state index contributed by atoms with van der Waals surface area (Å²) in [4.78, 5) is 11.2. The van der Waals surface area contributed by atoms with E-state index in [1.807, 2.05) is 12.1 Å². The van der Waals surface area contributed by atoms with Crippen molar-refractivity contribution in [1.29, 1.82) is 0 Å². The van der Waals surface area contributed by atoms with Crippen LogP contribution in [-0.4, -0.2) is 4.92 Å². The number of nitro groups is 1. The third-order valence-electron chi connectivity index (χ3n) is 2.34. The minimum atomic E-state index is -0.386. The van der Waals surface area contributed by atoms with Crippen LogP contribution in [0.3, 0.4) is 0 Å². The lowest BCUT2D eigenvalue weighted by atomic mass is 10.2. The lowest BCUT2D eigenvalue weighted by Crippen LogP contribution is -1.86. The molecule has 0 saturated heterocycles. The van der Waals surface area contributed by atoms with E-state index in [0.717, 1.165) is 15.1 Å². The molecule has 3 nitrogen and oxygen atoms in total. The number of rotatable bonds is 4. The molecule has 0 saturated carbocycles. The Bertz CT molecular complexity index is 557. The summed E-state index contributed by atoms with van der Waals surface area (Å²) >= 11 is 5.09. The maximum Gasteiger partial charge on any atom is 0.269 e. The average molecular weight is 324 g/mol. The first-order chi connectivity index (χ1) is 8.65. The van der Waals surface area contributed by atoms with Crippen LogP contribution in [0, 0.1) is 10.1 Å². The van der Waals surface area contributed by atoms with Crippen LogP contribution in [0.25, 0.3) is 0 Å². The number of benzene rings is 2. The third-order valence-corrected chi connectivity index (χ3v) is 3.92. The highest BCUT2D eigenvalue weighted by Gasteiger charge is 2.04. The molecule has 0 spiro atoms. The van der Waals surface area contributed by atoms with Gasteiger partial charge in [0.25, 0.3) is 5.69 Å². The largest absolute Gasteiger partial charge is 0.269 e. The van der Waals surface area contributed by atoms with E-state index in [4.69, 9.17) is 0 Å². The number of nitro benzene ring substituents is 1. The van der Waals surface area contributed by atoms with Crippen molar-refractivity contribution in [2.75, 3.05) is 0 Å². The second-order valence-corrected chi connectivity index (χ2v) is 5.63. The van der Waals surface area contributed by atoms with Gasteiger partial charge in [-0.3, -0.25) is 10.1 Å². The molecule has 0 aliphatic heterocycles. The number of hydrogen-bond acceptors (Lipinski definition) is 3. The van der Waals surface area contributed by atoms with E-state index in [1.165, 1.54) is 17.7 Å². The monoisotopic (exact) mass is 323 g/mol. The van der Waals surface area contributed by atoms with E-state index in [-0.39, 0.29) is 10.6 Å². The van der Waals surface area contributed by atoms with E-state index in [0.29, 0.717) is 0 Å². The van der Waals surface area contributed by atoms with Crippen molar-refractivity contribution in [3.63, 3.8) is 0 Å². The second-order valence-electron chi connectivity index (χ2n) is 3.67. The molecule has 0 radical (unpaired) electrons. The molecule has 0 amide bonds. The predicted molar refractivity (Wildman–Crippen MR) is 76.8 cm³/mol. The molecule has 2 aromatic rings. The number of halogens is 1. The second kappa shape index (κ2) is 6.02. The fourth-order valence-corrected chi connectivity index (χ4v) is 2.75. The molecule has 2 rings (SSSR count). The van der Waals surface area contributed by atoms with E-state index >= 15 is 0 Å². The van der Waals surface area contributed by atoms with Crippen molar-refractivity contribution in [2.24, 2.45) is 0 Å². The van der Waals surface area contributed by atoms with Crippen LogP contribution in [-0.2, 0) is 5.75 Å². The molecule has 0 atom stereocenters. The Morgan fingerprint density at radius 2 is 1.89 bits per heavy atom. The predicted octanol–water partition coefficient (Wildman–Crippen LogP) is 4.65. The van der Waals surface area contributed by atoms with Gasteiger partial charge in [0.1, 0.15) is 0 Å². The van der Waals surface area contributed by atoms with Gasteiger partial charge in [-0.1, -0.05) is 28.1 Å². The fourth-order valence-electron chi connectivity index (χ4n) is 1.46. The minimum absolute atomic E-state index is 0.127. The summed E-state index contributed by atoms with van der Waals surface area (Å²) < 4.78 is 1.06. The highest BCUT2D eigenvalue weighted by Crippen LogP contribution is 2.25. The summed E-state index contributed by atoms with van der Waals surface area (Å²) in [6.45, 7) is 0.